The number of esters is 3. The maximum absolute atomic E-state index is 11.4. The number of aliphatic hydroxyl groups excluding tert-OH is 1. The van der Waals surface area contributed by atoms with Crippen LogP contribution in [0.2, 0.25) is 0 Å². The first-order chi connectivity index (χ1) is 11.3. The Hall–Kier alpha value is -1.67. The molecule has 0 spiro atoms. The molecule has 1 N–H and O–H groups in total. The number of hydrogen-bond donors (Lipinski definition) is 1. The van der Waals surface area contributed by atoms with Gasteiger partial charge in [-0.25, -0.2) is 0 Å². The maximum atomic E-state index is 11.4. The fraction of sp³-hybridized carbons (Fsp3) is 0.812. The van der Waals surface area contributed by atoms with E-state index in [0.717, 1.165) is 19.3 Å². The molecule has 1 aliphatic carbocycles. The van der Waals surface area contributed by atoms with E-state index in [1.807, 2.05) is 0 Å². The van der Waals surface area contributed by atoms with Crippen molar-refractivity contribution < 1.29 is 38.4 Å². The van der Waals surface area contributed by atoms with Crippen molar-refractivity contribution in [3.8, 4) is 0 Å². The molecule has 5 atom stereocenters. The number of hydrogen-bond acceptors (Lipinski definition) is 8. The van der Waals surface area contributed by atoms with Crippen molar-refractivity contribution in [3.63, 3.8) is 0 Å². The highest BCUT2D eigenvalue weighted by Crippen LogP contribution is 2.36. The summed E-state index contributed by atoms with van der Waals surface area (Å²) in [5.74, 6) is -1.52. The molecule has 0 aromatic heterocycles. The van der Waals surface area contributed by atoms with Crippen LogP contribution in [0.3, 0.4) is 0 Å². The monoisotopic (exact) mass is 344 g/mol. The quantitative estimate of drug-likeness (QED) is 0.573. The zero-order chi connectivity index (χ0) is 17.9. The lowest BCUT2D eigenvalue weighted by Crippen LogP contribution is -2.61. The maximum Gasteiger partial charge on any atom is 0.305 e. The molecule has 8 heteroatoms. The predicted octanol–water partition coefficient (Wildman–Crippen LogP) is 0.689. The van der Waals surface area contributed by atoms with E-state index in [9.17, 15) is 19.5 Å². The fourth-order valence-corrected chi connectivity index (χ4v) is 3.04. The molecule has 0 amide bonds. The Kier molecular flexibility index (Phi) is 6.17. The Labute approximate surface area is 140 Å². The lowest BCUT2D eigenvalue weighted by molar-refractivity contribution is -0.296. The van der Waals surface area contributed by atoms with Crippen molar-refractivity contribution in [2.24, 2.45) is 5.92 Å². The molecule has 1 heterocycles. The Morgan fingerprint density at radius 3 is 1.96 bits per heavy atom. The zero-order valence-corrected chi connectivity index (χ0v) is 14.1. The van der Waals surface area contributed by atoms with Gasteiger partial charge in [0, 0.05) is 20.8 Å². The molecular formula is C16H24O8. The largest absolute Gasteiger partial charge is 0.455 e. The third-order valence-electron chi connectivity index (χ3n) is 4.30. The summed E-state index contributed by atoms with van der Waals surface area (Å²) in [7, 11) is 0. The van der Waals surface area contributed by atoms with Crippen LogP contribution in [0.4, 0.5) is 0 Å². The Morgan fingerprint density at radius 1 is 0.958 bits per heavy atom. The first-order valence-electron chi connectivity index (χ1n) is 8.13. The van der Waals surface area contributed by atoms with Gasteiger partial charge in [-0.2, -0.15) is 0 Å². The van der Waals surface area contributed by atoms with Crippen molar-refractivity contribution in [2.45, 2.75) is 77.2 Å². The lowest BCUT2D eigenvalue weighted by atomic mass is 9.79. The van der Waals surface area contributed by atoms with E-state index in [2.05, 4.69) is 0 Å². The second kappa shape index (κ2) is 7.94. The third-order valence-corrected chi connectivity index (χ3v) is 4.30. The van der Waals surface area contributed by atoms with Crippen LogP contribution in [0.15, 0.2) is 0 Å². The smallest absolute Gasteiger partial charge is 0.305 e. The summed E-state index contributed by atoms with van der Waals surface area (Å²) >= 11 is 0. The van der Waals surface area contributed by atoms with Crippen molar-refractivity contribution >= 4 is 17.9 Å². The molecule has 0 radical (unpaired) electrons. The summed E-state index contributed by atoms with van der Waals surface area (Å²) in [5.41, 5.74) is 0. The fourth-order valence-electron chi connectivity index (χ4n) is 3.04. The van der Waals surface area contributed by atoms with Gasteiger partial charge in [-0.05, 0) is 12.3 Å². The second-order valence-electron chi connectivity index (χ2n) is 6.32. The van der Waals surface area contributed by atoms with Gasteiger partial charge in [0.25, 0.3) is 0 Å². The van der Waals surface area contributed by atoms with Gasteiger partial charge in [-0.1, -0.05) is 19.3 Å². The normalized spacial score (nSPS) is 33.2. The van der Waals surface area contributed by atoms with Gasteiger partial charge in [0.05, 0.1) is 6.10 Å². The molecule has 2 aliphatic rings. The zero-order valence-electron chi connectivity index (χ0n) is 14.1. The van der Waals surface area contributed by atoms with Crippen LogP contribution in [-0.2, 0) is 33.3 Å². The highest BCUT2D eigenvalue weighted by atomic mass is 16.7. The number of ether oxygens (including phenoxy) is 4. The molecule has 1 aliphatic heterocycles. The van der Waals surface area contributed by atoms with E-state index in [1.165, 1.54) is 20.8 Å². The number of aliphatic hydroxyl groups is 1. The SMILES string of the molecule is CC(=O)O[C@H]1O[C@H](CC2CCC2)[C@@H](O)[C@H](OC(C)=O)[C@@H]1OC(C)=O. The average molecular weight is 344 g/mol. The molecular weight excluding hydrogens is 320 g/mol. The van der Waals surface area contributed by atoms with Crippen molar-refractivity contribution in [2.75, 3.05) is 0 Å². The summed E-state index contributed by atoms with van der Waals surface area (Å²) in [5, 5.41) is 10.5. The minimum Gasteiger partial charge on any atom is -0.455 e. The van der Waals surface area contributed by atoms with Gasteiger partial charge in [-0.3, -0.25) is 14.4 Å². The summed E-state index contributed by atoms with van der Waals surface area (Å²) in [6, 6.07) is 0. The van der Waals surface area contributed by atoms with Crippen LogP contribution in [0, 0.1) is 5.92 Å². The molecule has 136 valence electrons. The van der Waals surface area contributed by atoms with Crippen LogP contribution < -0.4 is 0 Å². The van der Waals surface area contributed by atoms with Gasteiger partial charge in [0.15, 0.2) is 6.10 Å². The van der Waals surface area contributed by atoms with E-state index in [-0.39, 0.29) is 0 Å². The molecule has 1 saturated carbocycles. The number of rotatable bonds is 5. The average Bonchev–Trinajstić information content (AvgIpc) is 2.41. The van der Waals surface area contributed by atoms with Crippen LogP contribution >= 0.6 is 0 Å². The van der Waals surface area contributed by atoms with Crippen LogP contribution in [-0.4, -0.2) is 53.7 Å². The van der Waals surface area contributed by atoms with Gasteiger partial charge in [0.2, 0.25) is 12.4 Å². The molecule has 0 bridgehead atoms. The Bertz CT molecular complexity index is 486. The molecule has 1 saturated heterocycles. The van der Waals surface area contributed by atoms with E-state index < -0.39 is 48.6 Å². The molecule has 24 heavy (non-hydrogen) atoms. The highest BCUT2D eigenvalue weighted by molar-refractivity contribution is 5.68. The third kappa shape index (κ3) is 4.67. The van der Waals surface area contributed by atoms with Crippen LogP contribution in [0.1, 0.15) is 46.5 Å². The summed E-state index contributed by atoms with van der Waals surface area (Å²) in [6.07, 6.45) is -1.69. The lowest BCUT2D eigenvalue weighted by Gasteiger charge is -2.44. The molecule has 0 aromatic rings. The predicted molar refractivity (Wildman–Crippen MR) is 79.5 cm³/mol. The number of carbonyl (C=O) groups is 3. The summed E-state index contributed by atoms with van der Waals surface area (Å²) < 4.78 is 21.0. The standard InChI is InChI=1S/C16H24O8/c1-8(17)21-14-13(20)12(7-11-5-4-6-11)24-16(23-10(3)19)15(14)22-9(2)18/h11-16,20H,4-7H2,1-3H3/t12-,13-,14+,15+,16+/m1/s1. The Balaban J connectivity index is 2.21. The topological polar surface area (TPSA) is 108 Å². The molecule has 0 aromatic carbocycles. The van der Waals surface area contributed by atoms with Crippen LogP contribution in [0.5, 0.6) is 0 Å². The molecule has 2 rings (SSSR count). The van der Waals surface area contributed by atoms with Crippen LogP contribution in [0.25, 0.3) is 0 Å². The van der Waals surface area contributed by atoms with Gasteiger partial charge in [0.1, 0.15) is 6.10 Å². The van der Waals surface area contributed by atoms with Crippen molar-refractivity contribution in [1.29, 1.82) is 0 Å². The molecule has 2 fully saturated rings. The summed E-state index contributed by atoms with van der Waals surface area (Å²) in [4.78, 5) is 34.1. The van der Waals surface area contributed by atoms with Crippen molar-refractivity contribution in [3.05, 3.63) is 0 Å². The van der Waals surface area contributed by atoms with E-state index in [4.69, 9.17) is 18.9 Å². The number of carbonyl (C=O) groups excluding carboxylic acids is 3. The van der Waals surface area contributed by atoms with E-state index in [0.29, 0.717) is 12.3 Å². The van der Waals surface area contributed by atoms with E-state index in [1.54, 1.807) is 0 Å². The van der Waals surface area contributed by atoms with Gasteiger partial charge in [-0.15, -0.1) is 0 Å². The highest BCUT2D eigenvalue weighted by Gasteiger charge is 2.51. The molecule has 0 unspecified atom stereocenters. The van der Waals surface area contributed by atoms with E-state index >= 15 is 0 Å². The second-order valence-corrected chi connectivity index (χ2v) is 6.32. The first-order valence-corrected chi connectivity index (χ1v) is 8.13. The summed E-state index contributed by atoms with van der Waals surface area (Å²) in [6.45, 7) is 3.55. The van der Waals surface area contributed by atoms with Gasteiger partial charge >= 0.3 is 17.9 Å². The first kappa shape index (κ1) is 18.7. The molecule has 8 nitrogen and oxygen atoms in total. The minimum atomic E-state index is -1.23. The minimum absolute atomic E-state index is 0.408. The van der Waals surface area contributed by atoms with Crippen molar-refractivity contribution in [1.82, 2.24) is 0 Å². The Morgan fingerprint density at radius 2 is 1.50 bits per heavy atom. The van der Waals surface area contributed by atoms with Gasteiger partial charge < -0.3 is 24.1 Å².